The Bertz CT molecular complexity index is 565. The normalized spacial score (nSPS) is 11.7. The van der Waals surface area contributed by atoms with E-state index in [-0.39, 0.29) is 44.5 Å². The van der Waals surface area contributed by atoms with Crippen LogP contribution in [0.3, 0.4) is 0 Å². The molecule has 0 aliphatic carbocycles. The zero-order valence-electron chi connectivity index (χ0n) is 20.4. The van der Waals surface area contributed by atoms with Gasteiger partial charge in [0, 0.05) is 6.42 Å². The van der Waals surface area contributed by atoms with Crippen LogP contribution < -0.4 is 0 Å². The van der Waals surface area contributed by atoms with Gasteiger partial charge in [0.2, 0.25) is 5.78 Å². The number of ketones is 1. The fraction of sp³-hybridized carbons (Fsp3) is 0.826. The Labute approximate surface area is 201 Å². The number of rotatable bonds is 24. The number of Topliss-reactive ketones (excluding diaryl/α,β-unsaturated/α-hetero) is 1. The molecular weight excluding hydrogens is 452 g/mol. The fourth-order valence-corrected chi connectivity index (χ4v) is 2.63. The number of unbranched alkanes of at least 4 members (excludes halogenated alkanes) is 1. The van der Waals surface area contributed by atoms with Crippen molar-refractivity contribution in [2.45, 2.75) is 52.4 Å². The topological polar surface area (TPSA) is 144 Å². The molecule has 1 N–H and O–H groups in total. The van der Waals surface area contributed by atoms with Crippen LogP contribution in [0.4, 0.5) is 0 Å². The summed E-state index contributed by atoms with van der Waals surface area (Å²) in [5.74, 6) is -3.41. The van der Waals surface area contributed by atoms with E-state index in [1.165, 1.54) is 0 Å². The monoisotopic (exact) mass is 492 g/mol. The van der Waals surface area contributed by atoms with Gasteiger partial charge in [0.1, 0.15) is 13.2 Å². The summed E-state index contributed by atoms with van der Waals surface area (Å²) in [4.78, 5) is 44.4. The second-order valence-electron chi connectivity index (χ2n) is 7.31. The van der Waals surface area contributed by atoms with E-state index in [4.69, 9.17) is 33.5 Å². The first-order valence-corrected chi connectivity index (χ1v) is 11.8. The number of ether oxygens (including phenoxy) is 6. The van der Waals surface area contributed by atoms with E-state index in [9.17, 15) is 19.2 Å². The molecule has 1 atom stereocenters. The summed E-state index contributed by atoms with van der Waals surface area (Å²) in [5, 5.41) is 8.41. The molecule has 0 bridgehead atoms. The molecule has 0 aromatic heterocycles. The van der Waals surface area contributed by atoms with E-state index in [1.807, 2.05) is 6.92 Å². The lowest BCUT2D eigenvalue weighted by Crippen LogP contribution is -2.20. The predicted octanol–water partition coefficient (Wildman–Crippen LogP) is 1.79. The second kappa shape index (κ2) is 22.7. The number of carboxylic acid groups (broad SMARTS) is 1. The molecule has 0 heterocycles. The van der Waals surface area contributed by atoms with Gasteiger partial charge in [-0.25, -0.2) is 4.79 Å². The smallest absolute Gasteiger partial charge is 0.372 e. The molecule has 0 aliphatic rings. The lowest BCUT2D eigenvalue weighted by molar-refractivity contribution is -0.151. The molecule has 0 aromatic carbocycles. The van der Waals surface area contributed by atoms with Gasteiger partial charge in [-0.05, 0) is 12.8 Å². The maximum atomic E-state index is 11.9. The molecule has 0 saturated heterocycles. The van der Waals surface area contributed by atoms with E-state index in [0.717, 1.165) is 25.7 Å². The van der Waals surface area contributed by atoms with Crippen LogP contribution in [0.1, 0.15) is 52.4 Å². The molecule has 0 radical (unpaired) electrons. The van der Waals surface area contributed by atoms with Gasteiger partial charge in [0.25, 0.3) is 0 Å². The van der Waals surface area contributed by atoms with Crippen molar-refractivity contribution in [1.29, 1.82) is 0 Å². The second-order valence-corrected chi connectivity index (χ2v) is 7.31. The van der Waals surface area contributed by atoms with Crippen molar-refractivity contribution < 1.29 is 52.7 Å². The maximum Gasteiger partial charge on any atom is 0.372 e. The maximum absolute atomic E-state index is 11.9. The average molecular weight is 493 g/mol. The molecule has 11 nitrogen and oxygen atoms in total. The lowest BCUT2D eigenvalue weighted by Gasteiger charge is -2.13. The van der Waals surface area contributed by atoms with Crippen molar-refractivity contribution in [2.75, 3.05) is 66.1 Å². The third kappa shape index (κ3) is 19.4. The third-order valence-corrected chi connectivity index (χ3v) is 4.61. The zero-order chi connectivity index (χ0) is 25.4. The Hall–Kier alpha value is -2.08. The van der Waals surface area contributed by atoms with Crippen molar-refractivity contribution in [3.8, 4) is 0 Å². The Morgan fingerprint density at radius 3 is 1.59 bits per heavy atom. The minimum atomic E-state index is -1.56. The van der Waals surface area contributed by atoms with E-state index < -0.39 is 17.7 Å². The Morgan fingerprint density at radius 2 is 1.15 bits per heavy atom. The van der Waals surface area contributed by atoms with Gasteiger partial charge in [-0.3, -0.25) is 14.4 Å². The highest BCUT2D eigenvalue weighted by molar-refractivity contribution is 6.32. The van der Waals surface area contributed by atoms with Crippen molar-refractivity contribution >= 4 is 23.7 Å². The van der Waals surface area contributed by atoms with Crippen LogP contribution in [0.2, 0.25) is 0 Å². The molecule has 0 fully saturated rings. The van der Waals surface area contributed by atoms with Crippen LogP contribution in [0.25, 0.3) is 0 Å². The number of aliphatic carboxylic acids is 1. The lowest BCUT2D eigenvalue weighted by atomic mass is 10.00. The zero-order valence-corrected chi connectivity index (χ0v) is 20.4. The predicted molar refractivity (Wildman–Crippen MR) is 120 cm³/mol. The number of carbonyl (C=O) groups excluding carboxylic acids is 3. The van der Waals surface area contributed by atoms with Gasteiger partial charge in [-0.2, -0.15) is 0 Å². The third-order valence-electron chi connectivity index (χ3n) is 4.61. The van der Waals surface area contributed by atoms with Gasteiger partial charge in [-0.15, -0.1) is 0 Å². The van der Waals surface area contributed by atoms with Gasteiger partial charge in [0.05, 0.1) is 65.2 Å². The number of esters is 2. The van der Waals surface area contributed by atoms with Crippen molar-refractivity contribution in [3.63, 3.8) is 0 Å². The van der Waals surface area contributed by atoms with E-state index in [0.29, 0.717) is 46.2 Å². The highest BCUT2D eigenvalue weighted by Gasteiger charge is 2.17. The highest BCUT2D eigenvalue weighted by Crippen LogP contribution is 2.14. The van der Waals surface area contributed by atoms with E-state index in [1.54, 1.807) is 0 Å². The van der Waals surface area contributed by atoms with Crippen LogP contribution in [0.5, 0.6) is 0 Å². The Balaban J connectivity index is 3.35. The molecule has 0 saturated carbocycles. The number of hydrogen-bond donors (Lipinski definition) is 1. The van der Waals surface area contributed by atoms with E-state index in [2.05, 4.69) is 6.92 Å². The van der Waals surface area contributed by atoms with Gasteiger partial charge in [0.15, 0.2) is 0 Å². The molecular formula is C23H40O11. The summed E-state index contributed by atoms with van der Waals surface area (Å²) in [6.07, 6.45) is 3.09. The number of hydrogen-bond acceptors (Lipinski definition) is 10. The quantitative estimate of drug-likeness (QED) is 0.120. The van der Waals surface area contributed by atoms with Crippen LogP contribution in [-0.2, 0) is 47.6 Å². The van der Waals surface area contributed by atoms with Gasteiger partial charge in [-0.1, -0.05) is 26.7 Å². The molecule has 0 aliphatic heterocycles. The fourth-order valence-electron chi connectivity index (χ4n) is 2.63. The summed E-state index contributed by atoms with van der Waals surface area (Å²) in [6.45, 7) is 7.13. The SMILES string of the molecule is CCCCC(CC)C(=O)OCCOCCOCCOCCOCCOC(=O)CCC(=O)C(=O)O. The molecule has 11 heteroatoms. The first-order chi connectivity index (χ1) is 16.4. The number of carboxylic acids is 1. The molecule has 0 aromatic rings. The molecule has 34 heavy (non-hydrogen) atoms. The molecule has 198 valence electrons. The largest absolute Gasteiger partial charge is 0.476 e. The minimum absolute atomic E-state index is 0.0143. The molecule has 1 unspecified atom stereocenters. The van der Waals surface area contributed by atoms with Crippen molar-refractivity contribution in [3.05, 3.63) is 0 Å². The van der Waals surface area contributed by atoms with Crippen LogP contribution in [-0.4, -0.2) is 94.9 Å². The summed E-state index contributed by atoms with van der Waals surface area (Å²) in [7, 11) is 0. The Morgan fingerprint density at radius 1 is 0.676 bits per heavy atom. The average Bonchev–Trinajstić information content (AvgIpc) is 2.82. The first kappa shape index (κ1) is 31.9. The van der Waals surface area contributed by atoms with Crippen LogP contribution >= 0.6 is 0 Å². The number of carbonyl (C=O) groups is 4. The van der Waals surface area contributed by atoms with Gasteiger partial charge >= 0.3 is 17.9 Å². The summed E-state index contributed by atoms with van der Waals surface area (Å²) in [5.41, 5.74) is 0. The van der Waals surface area contributed by atoms with Crippen molar-refractivity contribution in [2.24, 2.45) is 5.92 Å². The summed E-state index contributed by atoms with van der Waals surface area (Å²) in [6, 6.07) is 0. The van der Waals surface area contributed by atoms with Crippen molar-refractivity contribution in [1.82, 2.24) is 0 Å². The molecule has 0 rings (SSSR count). The molecule has 0 spiro atoms. The summed E-state index contributed by atoms with van der Waals surface area (Å²) >= 11 is 0. The highest BCUT2D eigenvalue weighted by atomic mass is 16.6. The minimum Gasteiger partial charge on any atom is -0.476 e. The Kier molecular flexibility index (Phi) is 21.3. The van der Waals surface area contributed by atoms with Crippen LogP contribution in [0.15, 0.2) is 0 Å². The van der Waals surface area contributed by atoms with Gasteiger partial charge < -0.3 is 33.5 Å². The van der Waals surface area contributed by atoms with E-state index >= 15 is 0 Å². The van der Waals surface area contributed by atoms with Crippen LogP contribution in [0, 0.1) is 5.92 Å². The first-order valence-electron chi connectivity index (χ1n) is 11.8. The summed E-state index contributed by atoms with van der Waals surface area (Å²) < 4.78 is 31.4. The molecule has 0 amide bonds. The standard InChI is InChI=1S/C23H40O11/c1-3-5-6-19(4-2)23(28)34-18-16-32-14-12-30-10-9-29-11-13-31-15-17-33-21(25)8-7-20(24)22(26)27/h19H,3-18H2,1-2H3,(H,26,27).